The van der Waals surface area contributed by atoms with Crippen molar-refractivity contribution in [3.05, 3.63) is 12.3 Å². The molecule has 0 spiro atoms. The molecular formula is C11H23FN2. The summed E-state index contributed by atoms with van der Waals surface area (Å²) in [5.41, 5.74) is 7.85. The van der Waals surface area contributed by atoms with Crippen LogP contribution in [0.15, 0.2) is 12.3 Å². The first kappa shape index (κ1) is 13.4. The Kier molecular flexibility index (Phi) is 4.13. The first-order valence-corrected chi connectivity index (χ1v) is 4.94. The van der Waals surface area contributed by atoms with Crippen molar-refractivity contribution in [1.29, 1.82) is 0 Å². The van der Waals surface area contributed by atoms with Crippen LogP contribution in [-0.2, 0) is 0 Å². The van der Waals surface area contributed by atoms with Gasteiger partial charge in [-0.3, -0.25) is 0 Å². The van der Waals surface area contributed by atoms with Gasteiger partial charge in [-0.15, -0.1) is 4.48 Å². The molecule has 0 fully saturated rings. The summed E-state index contributed by atoms with van der Waals surface area (Å²) in [4.78, 5) is 0. The van der Waals surface area contributed by atoms with Crippen molar-refractivity contribution in [3.8, 4) is 0 Å². The number of hydrogen-bond acceptors (Lipinski definition) is 2. The molecule has 0 saturated carbocycles. The lowest BCUT2D eigenvalue weighted by molar-refractivity contribution is 0.119. The average Bonchev–Trinajstić information content (AvgIpc) is 2.00. The van der Waals surface area contributed by atoms with Crippen LogP contribution in [0.25, 0.3) is 0 Å². The van der Waals surface area contributed by atoms with Crippen molar-refractivity contribution in [2.24, 2.45) is 16.6 Å². The zero-order chi connectivity index (χ0) is 11.6. The van der Waals surface area contributed by atoms with Gasteiger partial charge in [0.25, 0.3) is 0 Å². The minimum Gasteiger partial charge on any atom is -0.402 e. The van der Waals surface area contributed by atoms with Gasteiger partial charge in [-0.2, -0.15) is 5.54 Å². The molecule has 0 aromatic carbocycles. The molecule has 0 bridgehead atoms. The van der Waals surface area contributed by atoms with Crippen LogP contribution in [0.1, 0.15) is 41.0 Å². The van der Waals surface area contributed by atoms with Crippen LogP contribution in [0.3, 0.4) is 0 Å². The van der Waals surface area contributed by atoms with Gasteiger partial charge in [0.05, 0.1) is 0 Å². The fourth-order valence-electron chi connectivity index (χ4n) is 1.55. The Labute approximate surface area is 86.7 Å². The van der Waals surface area contributed by atoms with E-state index in [4.69, 9.17) is 5.73 Å². The van der Waals surface area contributed by atoms with E-state index < -0.39 is 0 Å². The summed E-state index contributed by atoms with van der Waals surface area (Å²) in [6.45, 7) is 13.7. The molecule has 0 aliphatic heterocycles. The summed E-state index contributed by atoms with van der Waals surface area (Å²) in [5.74, 6) is 0. The summed E-state index contributed by atoms with van der Waals surface area (Å²) >= 11 is 0. The highest BCUT2D eigenvalue weighted by molar-refractivity contribution is 5.04. The Morgan fingerprint density at radius 3 is 2.14 bits per heavy atom. The first-order chi connectivity index (χ1) is 6.13. The van der Waals surface area contributed by atoms with Gasteiger partial charge in [0.2, 0.25) is 0 Å². The molecule has 1 unspecified atom stereocenters. The lowest BCUT2D eigenvalue weighted by atomic mass is 9.70. The number of nitrogens with two attached hydrogens (primary N) is 1. The Morgan fingerprint density at radius 1 is 1.43 bits per heavy atom. The molecule has 3 N–H and O–H groups in total. The molecule has 0 radical (unpaired) electrons. The van der Waals surface area contributed by atoms with Gasteiger partial charge in [-0.1, -0.05) is 34.3 Å². The monoisotopic (exact) mass is 202 g/mol. The van der Waals surface area contributed by atoms with Gasteiger partial charge in [0.1, 0.15) is 0 Å². The van der Waals surface area contributed by atoms with Crippen LogP contribution in [0, 0.1) is 10.8 Å². The summed E-state index contributed by atoms with van der Waals surface area (Å²) in [5, 5.41) is 0. The maximum absolute atomic E-state index is 12.4. The Bertz CT molecular complexity index is 209. The minimum absolute atomic E-state index is 0.152. The van der Waals surface area contributed by atoms with E-state index in [1.54, 1.807) is 5.54 Å². The highest BCUT2D eigenvalue weighted by Crippen LogP contribution is 2.38. The molecule has 0 amide bonds. The van der Waals surface area contributed by atoms with Crippen LogP contribution in [0.5, 0.6) is 0 Å². The summed E-state index contributed by atoms with van der Waals surface area (Å²) < 4.78 is 12.4. The van der Waals surface area contributed by atoms with Crippen molar-refractivity contribution >= 4 is 0 Å². The molecule has 0 rings (SSSR count). The minimum atomic E-state index is -0.193. The third-order valence-corrected chi connectivity index (χ3v) is 3.10. The number of nitrogens with one attached hydrogen (secondary N) is 1. The van der Waals surface area contributed by atoms with Crippen molar-refractivity contribution in [2.75, 3.05) is 0 Å². The Morgan fingerprint density at radius 2 is 1.86 bits per heavy atom. The number of hydrogen-bond donors (Lipinski definition) is 2. The number of allylic oxidation sites excluding steroid dienone is 1. The van der Waals surface area contributed by atoms with E-state index in [2.05, 4.69) is 6.58 Å². The predicted molar refractivity (Wildman–Crippen MR) is 59.2 cm³/mol. The summed E-state index contributed by atoms with van der Waals surface area (Å²) in [6.07, 6.45) is 0.799. The van der Waals surface area contributed by atoms with Crippen LogP contribution in [0.2, 0.25) is 0 Å². The second-order valence-corrected chi connectivity index (χ2v) is 5.41. The molecule has 0 aliphatic carbocycles. The summed E-state index contributed by atoms with van der Waals surface area (Å²) in [6, 6.07) is -0.193. The smallest absolute Gasteiger partial charge is 0.0394 e. The third-order valence-electron chi connectivity index (χ3n) is 3.10. The van der Waals surface area contributed by atoms with Crippen molar-refractivity contribution in [2.45, 2.75) is 47.1 Å². The number of rotatable bonds is 5. The van der Waals surface area contributed by atoms with Crippen LogP contribution >= 0.6 is 0 Å². The van der Waals surface area contributed by atoms with Crippen molar-refractivity contribution in [3.63, 3.8) is 0 Å². The highest BCUT2D eigenvalue weighted by atomic mass is 19.2. The fourth-order valence-corrected chi connectivity index (χ4v) is 1.55. The lowest BCUT2D eigenvalue weighted by Gasteiger charge is -2.38. The quantitative estimate of drug-likeness (QED) is 0.673. The van der Waals surface area contributed by atoms with E-state index in [1.807, 2.05) is 34.6 Å². The second-order valence-electron chi connectivity index (χ2n) is 5.41. The van der Waals surface area contributed by atoms with Crippen molar-refractivity contribution < 1.29 is 4.48 Å². The molecule has 1 atom stereocenters. The molecule has 0 aromatic heterocycles. The standard InChI is InChI=1S/C11H23FN2/c1-8(13)10(3,4)7-11(5,6)9(2)14-12/h9,14H,1,7,13H2,2-6H3. The summed E-state index contributed by atoms with van der Waals surface area (Å²) in [7, 11) is 0. The normalized spacial score (nSPS) is 15.3. The van der Waals surface area contributed by atoms with E-state index in [0.29, 0.717) is 5.70 Å². The molecular weight excluding hydrogens is 179 g/mol. The lowest BCUT2D eigenvalue weighted by Crippen LogP contribution is -2.39. The molecule has 84 valence electrons. The van der Waals surface area contributed by atoms with Crippen LogP contribution < -0.4 is 11.3 Å². The first-order valence-electron chi connectivity index (χ1n) is 4.94. The third kappa shape index (κ3) is 3.29. The molecule has 14 heavy (non-hydrogen) atoms. The molecule has 0 aromatic rings. The Balaban J connectivity index is 4.57. The maximum Gasteiger partial charge on any atom is 0.0394 e. The van der Waals surface area contributed by atoms with Gasteiger partial charge in [0, 0.05) is 17.2 Å². The van der Waals surface area contributed by atoms with Gasteiger partial charge in [-0.25, -0.2) is 0 Å². The van der Waals surface area contributed by atoms with E-state index in [9.17, 15) is 4.48 Å². The predicted octanol–water partition coefficient (Wildman–Crippen LogP) is 2.76. The zero-order valence-electron chi connectivity index (χ0n) is 9.95. The van der Waals surface area contributed by atoms with E-state index >= 15 is 0 Å². The fraction of sp³-hybridized carbons (Fsp3) is 0.818. The van der Waals surface area contributed by atoms with E-state index in [-0.39, 0.29) is 16.9 Å². The molecule has 3 heteroatoms. The van der Waals surface area contributed by atoms with Crippen molar-refractivity contribution in [1.82, 2.24) is 5.54 Å². The molecule has 0 saturated heterocycles. The maximum atomic E-state index is 12.4. The van der Waals surface area contributed by atoms with Gasteiger partial charge in [0.15, 0.2) is 0 Å². The SMILES string of the molecule is C=C(N)C(C)(C)CC(C)(C)C(C)NF. The van der Waals surface area contributed by atoms with Gasteiger partial charge >= 0.3 is 0 Å². The molecule has 0 heterocycles. The molecule has 0 aliphatic rings. The average molecular weight is 202 g/mol. The van der Waals surface area contributed by atoms with Crippen LogP contribution in [0.4, 0.5) is 4.48 Å². The Hall–Kier alpha value is -0.570. The highest BCUT2D eigenvalue weighted by Gasteiger charge is 2.34. The van der Waals surface area contributed by atoms with Gasteiger partial charge < -0.3 is 5.73 Å². The molecule has 2 nitrogen and oxygen atoms in total. The largest absolute Gasteiger partial charge is 0.402 e. The number of halogens is 1. The van der Waals surface area contributed by atoms with Crippen LogP contribution in [-0.4, -0.2) is 6.04 Å². The van der Waals surface area contributed by atoms with Gasteiger partial charge in [-0.05, 0) is 18.8 Å². The zero-order valence-corrected chi connectivity index (χ0v) is 9.95. The topological polar surface area (TPSA) is 38.0 Å². The van der Waals surface area contributed by atoms with E-state index in [0.717, 1.165) is 6.42 Å². The van der Waals surface area contributed by atoms with E-state index in [1.165, 1.54) is 0 Å². The second kappa shape index (κ2) is 4.30.